The largest absolute Gasteiger partial charge is 0.394 e. The number of hydrogen-bond donors (Lipinski definition) is 1. The molecule has 0 spiro atoms. The molecular weight excluding hydrogens is 429 g/mol. The summed E-state index contributed by atoms with van der Waals surface area (Å²) in [4.78, 5) is 0. The van der Waals surface area contributed by atoms with Crippen molar-refractivity contribution in [2.45, 2.75) is 122 Å². The second-order valence-electron chi connectivity index (χ2n) is 9.42. The monoisotopic (exact) mass is 477 g/mol. The second-order valence-corrected chi connectivity index (χ2v) is 9.42. The lowest BCUT2D eigenvalue weighted by molar-refractivity contribution is -0.0502. The highest BCUT2D eigenvalue weighted by atomic mass is 19.1. The predicted molar refractivity (Wildman–Crippen MR) is 137 cm³/mol. The molecular formula is C29H48FNO3. The van der Waals surface area contributed by atoms with E-state index in [1.165, 1.54) is 108 Å². The zero-order valence-electron chi connectivity index (χ0n) is 21.5. The molecule has 0 fully saturated rings. The number of aliphatic hydroxyl groups is 1. The molecule has 1 aromatic carbocycles. The number of nitriles is 1. The van der Waals surface area contributed by atoms with Crippen molar-refractivity contribution in [2.75, 3.05) is 19.8 Å². The molecule has 0 heterocycles. The third-order valence-electron chi connectivity index (χ3n) is 6.29. The Morgan fingerprint density at radius 2 is 1.38 bits per heavy atom. The van der Waals surface area contributed by atoms with Crippen molar-refractivity contribution < 1.29 is 19.0 Å². The molecule has 0 aromatic heterocycles. The zero-order chi connectivity index (χ0) is 24.7. The van der Waals surface area contributed by atoms with Gasteiger partial charge in [0, 0.05) is 6.61 Å². The molecule has 0 aliphatic rings. The van der Waals surface area contributed by atoms with Gasteiger partial charge in [0.1, 0.15) is 18.0 Å². The minimum atomic E-state index is -0.535. The average Bonchev–Trinajstić information content (AvgIpc) is 2.85. The normalized spacial score (nSPS) is 12.1. The summed E-state index contributed by atoms with van der Waals surface area (Å²) in [7, 11) is 0. The van der Waals surface area contributed by atoms with E-state index < -0.39 is 11.9 Å². The van der Waals surface area contributed by atoms with Crippen LogP contribution in [0, 0.1) is 17.1 Å². The first kappa shape index (κ1) is 30.6. The molecule has 194 valence electrons. The highest BCUT2D eigenvalue weighted by molar-refractivity contribution is 5.34. The minimum absolute atomic E-state index is 0.00129. The Morgan fingerprint density at radius 3 is 1.88 bits per heavy atom. The van der Waals surface area contributed by atoms with Crippen LogP contribution in [0.5, 0.6) is 0 Å². The van der Waals surface area contributed by atoms with Gasteiger partial charge in [0.15, 0.2) is 0 Å². The maximum Gasteiger partial charge on any atom is 0.140 e. The van der Waals surface area contributed by atoms with Gasteiger partial charge in [0.05, 0.1) is 25.4 Å². The lowest BCUT2D eigenvalue weighted by atomic mass is 10.0. The van der Waals surface area contributed by atoms with Crippen LogP contribution in [0.4, 0.5) is 4.39 Å². The van der Waals surface area contributed by atoms with Gasteiger partial charge >= 0.3 is 0 Å². The van der Waals surface area contributed by atoms with Crippen molar-refractivity contribution in [1.82, 2.24) is 0 Å². The molecule has 1 aromatic rings. The minimum Gasteiger partial charge on any atom is -0.394 e. The van der Waals surface area contributed by atoms with Gasteiger partial charge in [-0.25, -0.2) is 4.39 Å². The number of rotatable bonds is 23. The molecule has 0 radical (unpaired) electrons. The van der Waals surface area contributed by atoms with E-state index in [1.54, 1.807) is 6.07 Å². The van der Waals surface area contributed by atoms with Crippen LogP contribution in [-0.2, 0) is 16.1 Å². The molecule has 34 heavy (non-hydrogen) atoms. The summed E-state index contributed by atoms with van der Waals surface area (Å²) < 4.78 is 24.7. The van der Waals surface area contributed by atoms with Gasteiger partial charge in [0.2, 0.25) is 0 Å². The van der Waals surface area contributed by atoms with E-state index in [2.05, 4.69) is 6.92 Å². The Morgan fingerprint density at radius 1 is 0.853 bits per heavy atom. The highest BCUT2D eigenvalue weighted by Crippen LogP contribution is 2.14. The molecule has 1 rings (SSSR count). The van der Waals surface area contributed by atoms with E-state index in [4.69, 9.17) is 14.7 Å². The molecule has 4 nitrogen and oxygen atoms in total. The summed E-state index contributed by atoms with van der Waals surface area (Å²) in [5.74, 6) is -0.535. The van der Waals surface area contributed by atoms with Gasteiger partial charge in [-0.05, 0) is 24.1 Å². The second kappa shape index (κ2) is 22.0. The third-order valence-corrected chi connectivity index (χ3v) is 6.29. The van der Waals surface area contributed by atoms with E-state index in [1.807, 2.05) is 6.07 Å². The molecule has 5 heteroatoms. The lowest BCUT2D eigenvalue weighted by Crippen LogP contribution is -2.24. The molecule has 0 saturated heterocycles. The highest BCUT2D eigenvalue weighted by Gasteiger charge is 2.10. The van der Waals surface area contributed by atoms with Crippen molar-refractivity contribution in [3.05, 3.63) is 35.1 Å². The maximum absolute atomic E-state index is 13.4. The Balaban J connectivity index is 1.88. The Kier molecular flexibility index (Phi) is 19.8. The van der Waals surface area contributed by atoms with E-state index in [-0.39, 0.29) is 18.8 Å². The average molecular weight is 478 g/mol. The van der Waals surface area contributed by atoms with E-state index in [0.29, 0.717) is 18.8 Å². The molecule has 1 atom stereocenters. The van der Waals surface area contributed by atoms with Crippen molar-refractivity contribution in [1.29, 1.82) is 5.26 Å². The number of benzene rings is 1. The first-order chi connectivity index (χ1) is 16.7. The number of hydrogen-bond acceptors (Lipinski definition) is 4. The van der Waals surface area contributed by atoms with Crippen LogP contribution in [0.15, 0.2) is 18.2 Å². The number of unbranched alkanes of at least 4 members (excludes halogenated alkanes) is 15. The summed E-state index contributed by atoms with van der Waals surface area (Å²) in [6.45, 7) is 3.36. The topological polar surface area (TPSA) is 62.5 Å². The van der Waals surface area contributed by atoms with Crippen LogP contribution in [-0.4, -0.2) is 31.0 Å². The van der Waals surface area contributed by atoms with Crippen molar-refractivity contribution in [2.24, 2.45) is 0 Å². The first-order valence-electron chi connectivity index (χ1n) is 13.7. The molecule has 0 amide bonds. The summed E-state index contributed by atoms with van der Waals surface area (Å²) in [5.41, 5.74) is 0.704. The van der Waals surface area contributed by atoms with Crippen molar-refractivity contribution >= 4 is 0 Å². The van der Waals surface area contributed by atoms with Crippen LogP contribution in [0.25, 0.3) is 0 Å². The van der Waals surface area contributed by atoms with Gasteiger partial charge < -0.3 is 14.6 Å². The summed E-state index contributed by atoms with van der Waals surface area (Å²) in [6.07, 6.45) is 21.1. The van der Waals surface area contributed by atoms with Crippen molar-refractivity contribution in [3.63, 3.8) is 0 Å². The lowest BCUT2D eigenvalue weighted by Gasteiger charge is -2.16. The van der Waals surface area contributed by atoms with Crippen LogP contribution in [0.3, 0.4) is 0 Å². The predicted octanol–water partition coefficient (Wildman–Crippen LogP) is 7.85. The van der Waals surface area contributed by atoms with Crippen LogP contribution in [0.1, 0.15) is 121 Å². The van der Waals surface area contributed by atoms with E-state index >= 15 is 0 Å². The molecule has 0 aliphatic carbocycles. The smallest absolute Gasteiger partial charge is 0.140 e. The van der Waals surface area contributed by atoms with E-state index in [0.717, 1.165) is 6.42 Å². The molecule has 0 unspecified atom stereocenters. The Hall–Kier alpha value is -1.48. The van der Waals surface area contributed by atoms with E-state index in [9.17, 15) is 9.50 Å². The van der Waals surface area contributed by atoms with Crippen LogP contribution < -0.4 is 0 Å². The van der Waals surface area contributed by atoms with Gasteiger partial charge in [-0.3, -0.25) is 0 Å². The Bertz CT molecular complexity index is 647. The number of halogens is 1. The van der Waals surface area contributed by atoms with Gasteiger partial charge in [-0.2, -0.15) is 5.26 Å². The summed E-state index contributed by atoms with van der Waals surface area (Å²) in [6, 6.07) is 6.14. The SMILES string of the molecule is CCCCCCCCCCCCCCCCCCOC[C@H](CO)OCc1ccc(F)c(C#N)c1. The molecule has 0 saturated carbocycles. The number of nitrogens with zero attached hydrogens (tertiary/aromatic N) is 1. The van der Waals surface area contributed by atoms with Gasteiger partial charge in [0.25, 0.3) is 0 Å². The zero-order valence-corrected chi connectivity index (χ0v) is 21.5. The fourth-order valence-electron chi connectivity index (χ4n) is 4.08. The van der Waals surface area contributed by atoms with Crippen molar-refractivity contribution in [3.8, 4) is 6.07 Å². The molecule has 1 N–H and O–H groups in total. The standard InChI is InChI=1S/C29H48FNO3/c1-2-3-4-5-6-7-8-9-10-11-12-13-14-15-16-17-20-33-25-28(23-32)34-24-26-18-19-29(30)27(21-26)22-31/h18-19,21,28,32H,2-17,20,23-25H2,1H3/t28-/m0/s1. The molecule has 0 bridgehead atoms. The van der Waals surface area contributed by atoms with Gasteiger partial charge in [-0.15, -0.1) is 0 Å². The van der Waals surface area contributed by atoms with Gasteiger partial charge in [-0.1, -0.05) is 109 Å². The van der Waals surface area contributed by atoms with Crippen LogP contribution in [0.2, 0.25) is 0 Å². The fourth-order valence-corrected chi connectivity index (χ4v) is 4.08. The maximum atomic E-state index is 13.4. The molecule has 0 aliphatic heterocycles. The Labute approximate surface area is 207 Å². The summed E-state index contributed by atoms with van der Waals surface area (Å²) in [5, 5.41) is 18.4. The third kappa shape index (κ3) is 16.2. The number of aliphatic hydroxyl groups excluding tert-OH is 1. The fraction of sp³-hybridized carbons (Fsp3) is 0.759. The number of ether oxygens (including phenoxy) is 2. The quantitative estimate of drug-likeness (QED) is 0.163. The van der Waals surface area contributed by atoms with Crippen LogP contribution >= 0.6 is 0 Å². The first-order valence-corrected chi connectivity index (χ1v) is 13.7. The summed E-state index contributed by atoms with van der Waals surface area (Å²) >= 11 is 0.